The summed E-state index contributed by atoms with van der Waals surface area (Å²) in [4.78, 5) is 22.8. The van der Waals surface area contributed by atoms with Gasteiger partial charge in [-0.25, -0.2) is 0 Å². The van der Waals surface area contributed by atoms with E-state index in [2.05, 4.69) is 5.32 Å². The van der Waals surface area contributed by atoms with Gasteiger partial charge in [-0.3, -0.25) is 9.59 Å². The van der Waals surface area contributed by atoms with Gasteiger partial charge in [0, 0.05) is 10.6 Å². The van der Waals surface area contributed by atoms with Crippen LogP contribution in [-0.2, 0) is 11.3 Å². The van der Waals surface area contributed by atoms with Crippen molar-refractivity contribution in [2.24, 2.45) is 0 Å². The lowest BCUT2D eigenvalue weighted by molar-refractivity contribution is -0.123. The molecular weight excluding hydrogens is 354 g/mol. The van der Waals surface area contributed by atoms with E-state index >= 15 is 0 Å². The molecule has 1 amide bonds. The minimum absolute atomic E-state index is 0.185. The zero-order valence-corrected chi connectivity index (χ0v) is 14.5. The highest BCUT2D eigenvalue weighted by Gasteiger charge is 2.09. The number of carbonyl (C=O) groups is 2. The van der Waals surface area contributed by atoms with Crippen LogP contribution in [0.5, 0.6) is 5.75 Å². The number of nitrogens with one attached hydrogen (secondary N) is 1. The van der Waals surface area contributed by atoms with Gasteiger partial charge < -0.3 is 14.5 Å². The molecule has 5 nitrogen and oxygen atoms in total. The molecule has 1 heterocycles. The predicted molar refractivity (Wildman–Crippen MR) is 98.3 cm³/mol. The maximum absolute atomic E-state index is 11.9. The van der Waals surface area contributed by atoms with E-state index in [0.29, 0.717) is 34.1 Å². The molecule has 3 aromatic rings. The van der Waals surface area contributed by atoms with E-state index in [1.165, 1.54) is 0 Å². The molecule has 0 radical (unpaired) electrons. The highest BCUT2D eigenvalue weighted by atomic mass is 35.5. The first-order chi connectivity index (χ1) is 12.7. The summed E-state index contributed by atoms with van der Waals surface area (Å²) in [5, 5.41) is 3.37. The molecule has 0 saturated carbocycles. The first-order valence-electron chi connectivity index (χ1n) is 7.94. The first-order valence-corrected chi connectivity index (χ1v) is 8.32. The van der Waals surface area contributed by atoms with Crippen LogP contribution < -0.4 is 10.1 Å². The molecule has 0 atom stereocenters. The molecule has 132 valence electrons. The van der Waals surface area contributed by atoms with Gasteiger partial charge in [0.05, 0.1) is 12.1 Å². The Kier molecular flexibility index (Phi) is 5.71. The van der Waals surface area contributed by atoms with Crippen molar-refractivity contribution in [3.63, 3.8) is 0 Å². The summed E-state index contributed by atoms with van der Waals surface area (Å²) in [6, 6.07) is 17.7. The van der Waals surface area contributed by atoms with Crippen molar-refractivity contribution in [3.8, 4) is 17.1 Å². The number of amides is 1. The zero-order chi connectivity index (χ0) is 18.4. The maximum Gasteiger partial charge on any atom is 0.258 e. The molecule has 0 aliphatic carbocycles. The molecule has 0 aliphatic rings. The van der Waals surface area contributed by atoms with E-state index in [-0.39, 0.29) is 19.1 Å². The van der Waals surface area contributed by atoms with Crippen molar-refractivity contribution in [2.75, 3.05) is 6.61 Å². The largest absolute Gasteiger partial charge is 0.483 e. The molecule has 0 aliphatic heterocycles. The second kappa shape index (κ2) is 8.36. The van der Waals surface area contributed by atoms with Gasteiger partial charge in [0.25, 0.3) is 5.91 Å². The number of halogens is 1. The Balaban J connectivity index is 1.52. The Morgan fingerprint density at radius 3 is 2.62 bits per heavy atom. The Morgan fingerprint density at radius 2 is 1.85 bits per heavy atom. The Labute approximate surface area is 155 Å². The topological polar surface area (TPSA) is 68.5 Å². The van der Waals surface area contributed by atoms with Crippen molar-refractivity contribution in [3.05, 3.63) is 77.0 Å². The van der Waals surface area contributed by atoms with Crippen LogP contribution in [0.3, 0.4) is 0 Å². The fourth-order valence-electron chi connectivity index (χ4n) is 2.33. The summed E-state index contributed by atoms with van der Waals surface area (Å²) in [6.07, 6.45) is 0.689. The highest BCUT2D eigenvalue weighted by Crippen LogP contribution is 2.23. The number of hydrogen-bond donors (Lipinski definition) is 1. The molecule has 3 rings (SSSR count). The number of para-hydroxylation sites is 1. The van der Waals surface area contributed by atoms with Crippen LogP contribution in [0.25, 0.3) is 11.3 Å². The minimum atomic E-state index is -0.310. The number of rotatable bonds is 7. The van der Waals surface area contributed by atoms with Crippen molar-refractivity contribution in [2.45, 2.75) is 6.54 Å². The van der Waals surface area contributed by atoms with Crippen LogP contribution in [-0.4, -0.2) is 18.8 Å². The molecule has 26 heavy (non-hydrogen) atoms. The third kappa shape index (κ3) is 4.52. The number of aldehydes is 1. The monoisotopic (exact) mass is 369 g/mol. The Bertz CT molecular complexity index is 902. The quantitative estimate of drug-likeness (QED) is 0.636. The molecule has 0 fully saturated rings. The van der Waals surface area contributed by atoms with Gasteiger partial charge in [-0.15, -0.1) is 0 Å². The van der Waals surface area contributed by atoms with E-state index in [4.69, 9.17) is 20.8 Å². The Morgan fingerprint density at radius 1 is 1.08 bits per heavy atom. The fraction of sp³-hybridized carbons (Fsp3) is 0.100. The summed E-state index contributed by atoms with van der Waals surface area (Å²) in [5.41, 5.74) is 1.31. The van der Waals surface area contributed by atoms with Crippen molar-refractivity contribution < 1.29 is 18.7 Å². The number of hydrogen-bond acceptors (Lipinski definition) is 4. The Hall–Kier alpha value is -3.05. The second-order valence-electron chi connectivity index (χ2n) is 5.49. The summed E-state index contributed by atoms with van der Waals surface area (Å²) in [5.74, 6) is 1.38. The molecular formula is C20H16ClNO4. The standard InChI is InChI=1S/C20H16ClNO4/c21-16-7-5-14(6-8-16)19-10-9-17(26-19)11-22-20(24)13-25-18-4-2-1-3-15(18)12-23/h1-10,12H,11,13H2,(H,22,24). The third-order valence-electron chi connectivity index (χ3n) is 3.65. The van der Waals surface area contributed by atoms with Crippen LogP contribution in [0, 0.1) is 0 Å². The van der Waals surface area contributed by atoms with Crippen molar-refractivity contribution >= 4 is 23.8 Å². The number of ether oxygens (including phenoxy) is 1. The molecule has 0 spiro atoms. The van der Waals surface area contributed by atoms with Crippen LogP contribution in [0.15, 0.2) is 65.1 Å². The van der Waals surface area contributed by atoms with Gasteiger partial charge in [0.2, 0.25) is 0 Å². The maximum atomic E-state index is 11.9. The van der Waals surface area contributed by atoms with E-state index in [1.54, 1.807) is 42.5 Å². The summed E-state index contributed by atoms with van der Waals surface area (Å²) in [6.45, 7) is 0.0563. The van der Waals surface area contributed by atoms with E-state index in [9.17, 15) is 9.59 Å². The molecule has 0 saturated heterocycles. The fourth-order valence-corrected chi connectivity index (χ4v) is 2.46. The summed E-state index contributed by atoms with van der Waals surface area (Å²) >= 11 is 5.87. The molecule has 1 N–H and O–H groups in total. The molecule has 2 aromatic carbocycles. The van der Waals surface area contributed by atoms with Gasteiger partial charge in [0.1, 0.15) is 17.3 Å². The smallest absolute Gasteiger partial charge is 0.258 e. The van der Waals surface area contributed by atoms with Crippen molar-refractivity contribution in [1.82, 2.24) is 5.32 Å². The number of furan rings is 1. The predicted octanol–water partition coefficient (Wildman–Crippen LogP) is 4.11. The van der Waals surface area contributed by atoms with Gasteiger partial charge in [-0.1, -0.05) is 23.7 Å². The van der Waals surface area contributed by atoms with Crippen LogP contribution >= 0.6 is 11.6 Å². The first kappa shape index (κ1) is 17.8. The molecule has 6 heteroatoms. The van der Waals surface area contributed by atoms with Gasteiger partial charge >= 0.3 is 0 Å². The second-order valence-corrected chi connectivity index (χ2v) is 5.93. The molecule has 0 bridgehead atoms. The van der Waals surface area contributed by atoms with Crippen LogP contribution in [0.2, 0.25) is 5.02 Å². The van der Waals surface area contributed by atoms with E-state index in [1.807, 2.05) is 18.2 Å². The van der Waals surface area contributed by atoms with E-state index in [0.717, 1.165) is 5.56 Å². The third-order valence-corrected chi connectivity index (χ3v) is 3.91. The summed E-state index contributed by atoms with van der Waals surface area (Å²) < 4.78 is 11.1. The van der Waals surface area contributed by atoms with Crippen LogP contribution in [0.4, 0.5) is 0 Å². The normalized spacial score (nSPS) is 10.3. The van der Waals surface area contributed by atoms with Gasteiger partial charge in [-0.05, 0) is 48.5 Å². The number of benzene rings is 2. The average molecular weight is 370 g/mol. The van der Waals surface area contributed by atoms with E-state index < -0.39 is 0 Å². The lowest BCUT2D eigenvalue weighted by atomic mass is 10.2. The molecule has 1 aromatic heterocycles. The van der Waals surface area contributed by atoms with Gasteiger partial charge in [-0.2, -0.15) is 0 Å². The summed E-state index contributed by atoms with van der Waals surface area (Å²) in [7, 11) is 0. The minimum Gasteiger partial charge on any atom is -0.483 e. The number of carbonyl (C=O) groups excluding carboxylic acids is 2. The van der Waals surface area contributed by atoms with Crippen molar-refractivity contribution in [1.29, 1.82) is 0 Å². The zero-order valence-electron chi connectivity index (χ0n) is 13.8. The van der Waals surface area contributed by atoms with Crippen LogP contribution in [0.1, 0.15) is 16.1 Å². The SMILES string of the molecule is O=Cc1ccccc1OCC(=O)NCc1ccc(-c2ccc(Cl)cc2)o1. The highest BCUT2D eigenvalue weighted by molar-refractivity contribution is 6.30. The van der Waals surface area contributed by atoms with Gasteiger partial charge in [0.15, 0.2) is 12.9 Å². The lowest BCUT2D eigenvalue weighted by Gasteiger charge is -2.08. The average Bonchev–Trinajstić information content (AvgIpc) is 3.14. The molecule has 0 unspecified atom stereocenters. The lowest BCUT2D eigenvalue weighted by Crippen LogP contribution is -2.28.